The van der Waals surface area contributed by atoms with Crippen LogP contribution in [0, 0.1) is 11.7 Å². The first-order valence-electron chi connectivity index (χ1n) is 6.74. The van der Waals surface area contributed by atoms with E-state index < -0.39 is 5.82 Å². The van der Waals surface area contributed by atoms with Crippen molar-refractivity contribution in [3.8, 4) is 5.69 Å². The van der Waals surface area contributed by atoms with Gasteiger partial charge in [0, 0.05) is 6.04 Å². The van der Waals surface area contributed by atoms with Crippen LogP contribution in [0.15, 0.2) is 24.5 Å². The van der Waals surface area contributed by atoms with Crippen molar-refractivity contribution in [1.82, 2.24) is 20.2 Å². The Balaban J connectivity index is 1.81. The largest absolute Gasteiger partial charge is 0.327 e. The van der Waals surface area contributed by atoms with Crippen molar-refractivity contribution in [3.63, 3.8) is 0 Å². The first-order chi connectivity index (χ1) is 10.1. The summed E-state index contributed by atoms with van der Waals surface area (Å²) in [5.41, 5.74) is 6.56. The van der Waals surface area contributed by atoms with Gasteiger partial charge in [-0.05, 0) is 41.5 Å². The molecule has 7 nitrogen and oxygen atoms in total. The lowest BCUT2D eigenvalue weighted by molar-refractivity contribution is -0.120. The van der Waals surface area contributed by atoms with Crippen molar-refractivity contribution in [3.05, 3.63) is 30.3 Å². The number of hydrogen-bond donors (Lipinski definition) is 2. The van der Waals surface area contributed by atoms with Crippen LogP contribution in [0.3, 0.4) is 0 Å². The molecule has 2 unspecified atom stereocenters. The van der Waals surface area contributed by atoms with Crippen LogP contribution < -0.4 is 11.1 Å². The summed E-state index contributed by atoms with van der Waals surface area (Å²) in [5.74, 6) is -1.01. The molecule has 21 heavy (non-hydrogen) atoms. The summed E-state index contributed by atoms with van der Waals surface area (Å²) in [6.07, 6.45) is 3.88. The van der Waals surface area contributed by atoms with E-state index in [4.69, 9.17) is 5.73 Å². The molecule has 0 radical (unpaired) electrons. The minimum atomic E-state index is -0.508. The molecule has 1 aliphatic rings. The molecule has 0 saturated heterocycles. The Morgan fingerprint density at radius 2 is 2.29 bits per heavy atom. The van der Waals surface area contributed by atoms with E-state index in [0.717, 1.165) is 19.3 Å². The molecular formula is C13H15FN6O. The van der Waals surface area contributed by atoms with Gasteiger partial charge >= 0.3 is 0 Å². The van der Waals surface area contributed by atoms with Gasteiger partial charge in [0.15, 0.2) is 0 Å². The maximum Gasteiger partial charge on any atom is 0.229 e. The van der Waals surface area contributed by atoms with Gasteiger partial charge in [0.25, 0.3) is 0 Å². The Morgan fingerprint density at radius 3 is 2.95 bits per heavy atom. The van der Waals surface area contributed by atoms with Crippen LogP contribution in [0.4, 0.5) is 10.1 Å². The summed E-state index contributed by atoms with van der Waals surface area (Å²) in [5, 5.41) is 13.4. The monoisotopic (exact) mass is 290 g/mol. The average Bonchev–Trinajstić information content (AvgIpc) is 3.12. The van der Waals surface area contributed by atoms with Crippen molar-refractivity contribution in [2.24, 2.45) is 11.7 Å². The summed E-state index contributed by atoms with van der Waals surface area (Å²) < 4.78 is 15.2. The summed E-state index contributed by atoms with van der Waals surface area (Å²) in [7, 11) is 0. The third-order valence-corrected chi connectivity index (χ3v) is 3.73. The number of halogens is 1. The molecule has 1 fully saturated rings. The van der Waals surface area contributed by atoms with Crippen molar-refractivity contribution in [2.45, 2.75) is 25.3 Å². The number of anilines is 1. The van der Waals surface area contributed by atoms with Gasteiger partial charge in [-0.1, -0.05) is 6.42 Å². The fourth-order valence-electron chi connectivity index (χ4n) is 2.57. The molecule has 110 valence electrons. The zero-order valence-electron chi connectivity index (χ0n) is 11.2. The summed E-state index contributed by atoms with van der Waals surface area (Å²) in [4.78, 5) is 12.2. The zero-order valence-corrected chi connectivity index (χ0v) is 11.2. The van der Waals surface area contributed by atoms with Crippen molar-refractivity contribution in [1.29, 1.82) is 0 Å². The molecule has 2 aromatic rings. The van der Waals surface area contributed by atoms with E-state index in [0.29, 0.717) is 5.69 Å². The number of carbonyl (C=O) groups is 1. The highest BCUT2D eigenvalue weighted by Crippen LogP contribution is 2.26. The minimum Gasteiger partial charge on any atom is -0.327 e. The Kier molecular flexibility index (Phi) is 3.61. The predicted octanol–water partition coefficient (Wildman–Crippen LogP) is 0.867. The number of amides is 1. The first-order valence-corrected chi connectivity index (χ1v) is 6.74. The second-order valence-corrected chi connectivity index (χ2v) is 5.11. The van der Waals surface area contributed by atoms with Gasteiger partial charge in [-0.3, -0.25) is 4.79 Å². The van der Waals surface area contributed by atoms with Gasteiger partial charge in [-0.2, -0.15) is 0 Å². The van der Waals surface area contributed by atoms with Crippen LogP contribution in [0.2, 0.25) is 0 Å². The van der Waals surface area contributed by atoms with Crippen LogP contribution in [0.5, 0.6) is 0 Å². The zero-order chi connectivity index (χ0) is 14.8. The van der Waals surface area contributed by atoms with Gasteiger partial charge in [0.2, 0.25) is 5.91 Å². The van der Waals surface area contributed by atoms with E-state index in [1.807, 2.05) is 0 Å². The smallest absolute Gasteiger partial charge is 0.229 e. The Bertz CT molecular complexity index is 644. The number of hydrogen-bond acceptors (Lipinski definition) is 5. The lowest BCUT2D eigenvalue weighted by atomic mass is 10.0. The van der Waals surface area contributed by atoms with E-state index in [1.54, 1.807) is 0 Å². The molecule has 1 aromatic carbocycles. The third-order valence-electron chi connectivity index (χ3n) is 3.73. The molecule has 1 aromatic heterocycles. The highest BCUT2D eigenvalue weighted by Gasteiger charge is 2.30. The van der Waals surface area contributed by atoms with E-state index in [1.165, 1.54) is 29.2 Å². The lowest BCUT2D eigenvalue weighted by Crippen LogP contribution is -2.34. The van der Waals surface area contributed by atoms with Crippen LogP contribution in [-0.4, -0.2) is 32.2 Å². The van der Waals surface area contributed by atoms with Gasteiger partial charge < -0.3 is 11.1 Å². The lowest BCUT2D eigenvalue weighted by Gasteiger charge is -2.16. The summed E-state index contributed by atoms with van der Waals surface area (Å²) in [6.45, 7) is 0. The summed E-state index contributed by atoms with van der Waals surface area (Å²) in [6, 6.07) is 4.13. The Hall–Kier alpha value is -2.35. The number of aromatic nitrogens is 4. The van der Waals surface area contributed by atoms with E-state index >= 15 is 0 Å². The second-order valence-electron chi connectivity index (χ2n) is 5.11. The first kappa shape index (κ1) is 13.6. The third kappa shape index (κ3) is 2.75. The normalized spacial score (nSPS) is 21.4. The maximum absolute atomic E-state index is 13.8. The van der Waals surface area contributed by atoms with Crippen molar-refractivity contribution < 1.29 is 9.18 Å². The topological polar surface area (TPSA) is 98.7 Å². The number of tetrazole rings is 1. The number of nitrogens with one attached hydrogen (secondary N) is 1. The molecule has 1 aliphatic carbocycles. The Labute approximate surface area is 120 Å². The van der Waals surface area contributed by atoms with Gasteiger partial charge in [-0.25, -0.2) is 9.07 Å². The highest BCUT2D eigenvalue weighted by molar-refractivity contribution is 5.93. The molecule has 1 saturated carbocycles. The van der Waals surface area contributed by atoms with Gasteiger partial charge in [0.1, 0.15) is 12.1 Å². The van der Waals surface area contributed by atoms with Crippen LogP contribution in [0.25, 0.3) is 5.69 Å². The quantitative estimate of drug-likeness (QED) is 0.873. The molecule has 0 spiro atoms. The molecule has 8 heteroatoms. The summed E-state index contributed by atoms with van der Waals surface area (Å²) >= 11 is 0. The molecule has 1 heterocycles. The van der Waals surface area contributed by atoms with Crippen molar-refractivity contribution in [2.75, 3.05) is 5.32 Å². The minimum absolute atomic E-state index is 0.104. The number of rotatable bonds is 3. The van der Waals surface area contributed by atoms with Crippen molar-refractivity contribution >= 4 is 11.6 Å². The molecule has 0 aliphatic heterocycles. The number of carbonyl (C=O) groups excluding carboxylic acids is 1. The molecule has 2 atom stereocenters. The average molecular weight is 290 g/mol. The highest BCUT2D eigenvalue weighted by atomic mass is 19.1. The molecule has 3 rings (SSSR count). The van der Waals surface area contributed by atoms with Crippen LogP contribution >= 0.6 is 0 Å². The molecule has 0 bridgehead atoms. The molecule has 3 N–H and O–H groups in total. The number of benzene rings is 1. The second kappa shape index (κ2) is 5.57. The number of nitrogens with zero attached hydrogens (tertiary/aromatic N) is 4. The fourth-order valence-corrected chi connectivity index (χ4v) is 2.57. The van der Waals surface area contributed by atoms with Crippen LogP contribution in [-0.2, 0) is 4.79 Å². The standard InChI is InChI=1S/C13H15FN6O/c14-10-5-4-8(20-7-16-18-19-20)6-12(10)17-13(21)9-2-1-3-11(9)15/h4-7,9,11H,1-3,15H2,(H,17,21). The van der Waals surface area contributed by atoms with Gasteiger partial charge in [0.05, 0.1) is 17.3 Å². The predicted molar refractivity (Wildman–Crippen MR) is 73.1 cm³/mol. The molecular weight excluding hydrogens is 275 g/mol. The maximum atomic E-state index is 13.8. The molecule has 1 amide bonds. The van der Waals surface area contributed by atoms with Gasteiger partial charge in [-0.15, -0.1) is 5.10 Å². The SMILES string of the molecule is NC1CCCC1C(=O)Nc1cc(-n2cnnn2)ccc1F. The number of nitrogens with two attached hydrogens (primary N) is 1. The Morgan fingerprint density at radius 1 is 1.43 bits per heavy atom. The van der Waals surface area contributed by atoms with Crippen LogP contribution in [0.1, 0.15) is 19.3 Å². The van der Waals surface area contributed by atoms with E-state index in [9.17, 15) is 9.18 Å². The van der Waals surface area contributed by atoms with E-state index in [-0.39, 0.29) is 23.6 Å². The fraction of sp³-hybridized carbons (Fsp3) is 0.385. The van der Waals surface area contributed by atoms with E-state index in [2.05, 4.69) is 20.8 Å².